The molecule has 0 amide bonds. The Morgan fingerprint density at radius 3 is 2.91 bits per heavy atom. The van der Waals surface area contributed by atoms with E-state index in [1.54, 1.807) is 24.7 Å². The van der Waals surface area contributed by atoms with Crippen molar-refractivity contribution >= 4 is 0 Å². The number of halogens is 2. The van der Waals surface area contributed by atoms with Crippen molar-refractivity contribution in [3.8, 4) is 5.88 Å². The van der Waals surface area contributed by atoms with Crippen molar-refractivity contribution in [2.75, 3.05) is 19.7 Å². The number of nitrogens with zero attached hydrogens (tertiary/aromatic N) is 3. The number of benzene rings is 1. The molecule has 116 valence electrons. The van der Waals surface area contributed by atoms with Gasteiger partial charge in [-0.3, -0.25) is 9.88 Å². The van der Waals surface area contributed by atoms with Crippen LogP contribution in [0.2, 0.25) is 0 Å². The van der Waals surface area contributed by atoms with Gasteiger partial charge in [-0.25, -0.2) is 13.8 Å². The maximum atomic E-state index is 13.2. The highest BCUT2D eigenvalue weighted by Crippen LogP contribution is 2.20. The van der Waals surface area contributed by atoms with Gasteiger partial charge in [0.25, 0.3) is 0 Å². The van der Waals surface area contributed by atoms with Crippen LogP contribution in [-0.2, 0) is 6.54 Å². The van der Waals surface area contributed by atoms with Gasteiger partial charge in [-0.1, -0.05) is 6.07 Å². The van der Waals surface area contributed by atoms with Crippen molar-refractivity contribution in [1.29, 1.82) is 0 Å². The molecule has 4 nitrogen and oxygen atoms in total. The van der Waals surface area contributed by atoms with Gasteiger partial charge >= 0.3 is 0 Å². The Morgan fingerprint density at radius 2 is 2.14 bits per heavy atom. The van der Waals surface area contributed by atoms with Crippen molar-refractivity contribution in [2.24, 2.45) is 5.92 Å². The normalized spacial score (nSPS) is 18.5. The molecule has 0 spiro atoms. The summed E-state index contributed by atoms with van der Waals surface area (Å²) < 4.78 is 31.7. The number of rotatable bonds is 5. The highest BCUT2D eigenvalue weighted by Gasteiger charge is 2.23. The predicted octanol–water partition coefficient (Wildman–Crippen LogP) is 2.66. The summed E-state index contributed by atoms with van der Waals surface area (Å²) in [6, 6.07) is 4.07. The Balaban J connectivity index is 1.48. The molecule has 1 fully saturated rings. The fourth-order valence-electron chi connectivity index (χ4n) is 2.65. The van der Waals surface area contributed by atoms with Crippen molar-refractivity contribution in [3.63, 3.8) is 0 Å². The summed E-state index contributed by atoms with van der Waals surface area (Å²) in [7, 11) is 0. The molecule has 0 N–H and O–H groups in total. The van der Waals surface area contributed by atoms with E-state index in [9.17, 15) is 8.78 Å². The van der Waals surface area contributed by atoms with Gasteiger partial charge in [-0.2, -0.15) is 0 Å². The van der Waals surface area contributed by atoms with E-state index in [1.807, 2.05) is 0 Å². The van der Waals surface area contributed by atoms with Crippen LogP contribution in [-0.4, -0.2) is 34.6 Å². The molecule has 2 aromatic rings. The minimum absolute atomic E-state index is 0.410. The van der Waals surface area contributed by atoms with E-state index in [0.717, 1.165) is 25.1 Å². The molecule has 1 saturated heterocycles. The van der Waals surface area contributed by atoms with Crippen LogP contribution in [0, 0.1) is 17.6 Å². The number of hydrogen-bond acceptors (Lipinski definition) is 4. The monoisotopic (exact) mass is 305 g/mol. The summed E-state index contributed by atoms with van der Waals surface area (Å²) in [4.78, 5) is 10.2. The van der Waals surface area contributed by atoms with Crippen LogP contribution >= 0.6 is 0 Å². The molecule has 0 saturated carbocycles. The average molecular weight is 305 g/mol. The van der Waals surface area contributed by atoms with Crippen LogP contribution in [0.15, 0.2) is 36.8 Å². The standard InChI is InChI=1S/C16H17F2N3O/c17-14-2-1-12(7-15(14)18)9-21-6-3-13(10-21)11-22-16-8-19-4-5-20-16/h1-2,4-5,7-8,13H,3,6,9-11H2. The number of hydrogen-bond donors (Lipinski definition) is 0. The summed E-state index contributed by atoms with van der Waals surface area (Å²) in [6.45, 7) is 3.01. The quantitative estimate of drug-likeness (QED) is 0.851. The Bertz CT molecular complexity index is 624. The molecule has 0 radical (unpaired) electrons. The van der Waals surface area contributed by atoms with E-state index in [1.165, 1.54) is 12.1 Å². The predicted molar refractivity (Wildman–Crippen MR) is 77.3 cm³/mol. The zero-order chi connectivity index (χ0) is 15.4. The Labute approximate surface area is 127 Å². The second-order valence-corrected chi connectivity index (χ2v) is 5.49. The molecule has 1 aliphatic rings. The maximum Gasteiger partial charge on any atom is 0.232 e. The van der Waals surface area contributed by atoms with Crippen LogP contribution < -0.4 is 4.74 Å². The van der Waals surface area contributed by atoms with E-state index in [0.29, 0.717) is 24.9 Å². The fraction of sp³-hybridized carbons (Fsp3) is 0.375. The zero-order valence-electron chi connectivity index (χ0n) is 12.1. The van der Waals surface area contributed by atoms with Gasteiger partial charge in [0.15, 0.2) is 11.6 Å². The van der Waals surface area contributed by atoms with Crippen LogP contribution in [0.1, 0.15) is 12.0 Å². The highest BCUT2D eigenvalue weighted by molar-refractivity contribution is 5.17. The first-order valence-corrected chi connectivity index (χ1v) is 7.26. The lowest BCUT2D eigenvalue weighted by Crippen LogP contribution is -2.22. The Morgan fingerprint density at radius 1 is 1.23 bits per heavy atom. The third-order valence-corrected chi connectivity index (χ3v) is 3.77. The molecule has 1 unspecified atom stereocenters. The van der Waals surface area contributed by atoms with Gasteiger partial charge < -0.3 is 4.74 Å². The van der Waals surface area contributed by atoms with E-state index in [2.05, 4.69) is 14.9 Å². The summed E-state index contributed by atoms with van der Waals surface area (Å²) in [5, 5.41) is 0. The molecule has 1 aromatic carbocycles. The van der Waals surface area contributed by atoms with Gasteiger partial charge in [0, 0.05) is 31.4 Å². The largest absolute Gasteiger partial charge is 0.476 e. The lowest BCUT2D eigenvalue weighted by Gasteiger charge is -2.16. The molecular formula is C16H17F2N3O. The molecular weight excluding hydrogens is 288 g/mol. The molecule has 1 aliphatic heterocycles. The minimum atomic E-state index is -0.805. The molecule has 3 rings (SSSR count). The second kappa shape index (κ2) is 6.79. The van der Waals surface area contributed by atoms with Crippen molar-refractivity contribution in [2.45, 2.75) is 13.0 Å². The van der Waals surface area contributed by atoms with E-state index >= 15 is 0 Å². The lowest BCUT2D eigenvalue weighted by atomic mass is 10.1. The van der Waals surface area contributed by atoms with E-state index in [-0.39, 0.29) is 0 Å². The molecule has 1 aromatic heterocycles. The van der Waals surface area contributed by atoms with Gasteiger partial charge in [0.2, 0.25) is 5.88 Å². The molecule has 1 atom stereocenters. The highest BCUT2D eigenvalue weighted by atomic mass is 19.2. The van der Waals surface area contributed by atoms with Crippen LogP contribution in [0.5, 0.6) is 5.88 Å². The fourth-order valence-corrected chi connectivity index (χ4v) is 2.65. The molecule has 0 aliphatic carbocycles. The van der Waals surface area contributed by atoms with E-state index < -0.39 is 11.6 Å². The average Bonchev–Trinajstić information content (AvgIpc) is 2.97. The lowest BCUT2D eigenvalue weighted by molar-refractivity contribution is 0.231. The van der Waals surface area contributed by atoms with Crippen molar-refractivity contribution in [3.05, 3.63) is 54.0 Å². The van der Waals surface area contributed by atoms with Crippen LogP contribution in [0.4, 0.5) is 8.78 Å². The summed E-state index contributed by atoms with van der Waals surface area (Å²) in [6.07, 6.45) is 5.81. The van der Waals surface area contributed by atoms with Crippen molar-refractivity contribution < 1.29 is 13.5 Å². The van der Waals surface area contributed by atoms with Crippen LogP contribution in [0.25, 0.3) is 0 Å². The number of aromatic nitrogens is 2. The molecule has 2 heterocycles. The zero-order valence-corrected chi connectivity index (χ0v) is 12.1. The first-order valence-electron chi connectivity index (χ1n) is 7.26. The Hall–Kier alpha value is -2.08. The molecule has 0 bridgehead atoms. The topological polar surface area (TPSA) is 38.2 Å². The minimum Gasteiger partial charge on any atom is -0.476 e. The van der Waals surface area contributed by atoms with Gasteiger partial charge in [-0.05, 0) is 30.7 Å². The summed E-state index contributed by atoms with van der Waals surface area (Å²) in [5.74, 6) is -0.659. The number of likely N-dealkylation sites (tertiary alicyclic amines) is 1. The summed E-state index contributed by atoms with van der Waals surface area (Å²) >= 11 is 0. The third-order valence-electron chi connectivity index (χ3n) is 3.77. The number of ether oxygens (including phenoxy) is 1. The van der Waals surface area contributed by atoms with E-state index in [4.69, 9.17) is 4.74 Å². The molecule has 6 heteroatoms. The van der Waals surface area contributed by atoms with Gasteiger partial charge in [0.05, 0.1) is 12.8 Å². The smallest absolute Gasteiger partial charge is 0.232 e. The third kappa shape index (κ3) is 3.76. The molecule has 22 heavy (non-hydrogen) atoms. The maximum absolute atomic E-state index is 13.2. The first kappa shape index (κ1) is 14.8. The SMILES string of the molecule is Fc1ccc(CN2CCC(COc3cnccn3)C2)cc1F. The van der Waals surface area contributed by atoms with Crippen LogP contribution in [0.3, 0.4) is 0 Å². The van der Waals surface area contributed by atoms with Crippen molar-refractivity contribution in [1.82, 2.24) is 14.9 Å². The summed E-state index contributed by atoms with van der Waals surface area (Å²) in [5.41, 5.74) is 0.786. The first-order chi connectivity index (χ1) is 10.7. The van der Waals surface area contributed by atoms with Gasteiger partial charge in [0.1, 0.15) is 0 Å². The second-order valence-electron chi connectivity index (χ2n) is 5.49. The Kier molecular flexibility index (Phi) is 4.58. The van der Waals surface area contributed by atoms with Gasteiger partial charge in [-0.15, -0.1) is 0 Å².